The number of ether oxygens (including phenoxy) is 1. The zero-order chi connectivity index (χ0) is 28.3. The first kappa shape index (κ1) is 31.3. The van der Waals surface area contributed by atoms with Crippen molar-refractivity contribution in [1.82, 2.24) is 15.1 Å². The minimum Gasteiger partial charge on any atom is -0.496 e. The number of hydrogen-bond donors (Lipinski definition) is 1. The van der Waals surface area contributed by atoms with E-state index in [4.69, 9.17) is 4.74 Å². The number of hydrogen-bond acceptors (Lipinski definition) is 6. The molecule has 224 valence electrons. The van der Waals surface area contributed by atoms with E-state index in [9.17, 15) is 18.0 Å². The van der Waals surface area contributed by atoms with Crippen LogP contribution in [0.5, 0.6) is 5.75 Å². The lowest BCUT2D eigenvalue weighted by Gasteiger charge is -2.38. The molecule has 1 unspecified atom stereocenters. The van der Waals surface area contributed by atoms with Crippen molar-refractivity contribution in [3.63, 3.8) is 0 Å². The van der Waals surface area contributed by atoms with Crippen LogP contribution in [0.4, 0.5) is 0 Å². The van der Waals surface area contributed by atoms with Crippen molar-refractivity contribution >= 4 is 34.1 Å². The topological polar surface area (TPSA) is 96.0 Å². The summed E-state index contributed by atoms with van der Waals surface area (Å²) in [6.07, 6.45) is 7.58. The van der Waals surface area contributed by atoms with Gasteiger partial charge in [0, 0.05) is 37.4 Å². The van der Waals surface area contributed by atoms with Crippen molar-refractivity contribution in [2.45, 2.75) is 62.4 Å². The molecule has 2 aromatic rings. The first-order valence-corrected chi connectivity index (χ1v) is 16.3. The quantitative estimate of drug-likeness (QED) is 0.433. The summed E-state index contributed by atoms with van der Waals surface area (Å²) in [5.74, 6) is 1.28. The first-order valence-electron chi connectivity index (χ1n) is 14.4. The van der Waals surface area contributed by atoms with Crippen LogP contribution in [0, 0.1) is 11.3 Å². The van der Waals surface area contributed by atoms with Crippen molar-refractivity contribution in [1.29, 1.82) is 0 Å². The monoisotopic (exact) mass is 603 g/mol. The molecule has 8 nitrogen and oxygen atoms in total. The smallest absolute Gasteiger partial charge is 0.229 e. The van der Waals surface area contributed by atoms with E-state index in [0.717, 1.165) is 88.0 Å². The average molecular weight is 604 g/mol. The van der Waals surface area contributed by atoms with Crippen molar-refractivity contribution in [3.05, 3.63) is 59.7 Å². The molecule has 2 amide bonds. The first-order chi connectivity index (χ1) is 19.2. The minimum atomic E-state index is -3.24. The largest absolute Gasteiger partial charge is 0.496 e. The zero-order valence-electron chi connectivity index (χ0n) is 24.0. The number of piperidine rings is 1. The molecule has 5 rings (SSSR count). The van der Waals surface area contributed by atoms with Crippen molar-refractivity contribution < 1.29 is 22.7 Å². The molecule has 2 aliphatic heterocycles. The summed E-state index contributed by atoms with van der Waals surface area (Å²) in [7, 11) is -1.57. The number of sulfone groups is 1. The molecule has 1 saturated carbocycles. The van der Waals surface area contributed by atoms with Gasteiger partial charge in [0.25, 0.3) is 0 Å². The Morgan fingerprint density at radius 2 is 1.71 bits per heavy atom. The van der Waals surface area contributed by atoms with Gasteiger partial charge in [0.2, 0.25) is 11.8 Å². The van der Waals surface area contributed by atoms with E-state index in [1.165, 1.54) is 6.26 Å². The summed E-state index contributed by atoms with van der Waals surface area (Å²) >= 11 is 0. The number of amides is 2. The molecule has 3 aliphatic rings. The van der Waals surface area contributed by atoms with Gasteiger partial charge in [-0.3, -0.25) is 9.59 Å². The maximum absolute atomic E-state index is 13.5. The predicted octanol–water partition coefficient (Wildman–Crippen LogP) is 4.38. The molecular weight excluding hydrogens is 562 g/mol. The molecule has 1 atom stereocenters. The Bertz CT molecular complexity index is 1320. The second kappa shape index (κ2) is 13.1. The molecule has 1 N–H and O–H groups in total. The Morgan fingerprint density at radius 1 is 1.05 bits per heavy atom. The zero-order valence-corrected chi connectivity index (χ0v) is 25.6. The van der Waals surface area contributed by atoms with Gasteiger partial charge < -0.3 is 19.9 Å². The van der Waals surface area contributed by atoms with Gasteiger partial charge in [-0.15, -0.1) is 12.4 Å². The number of carbonyl (C=O) groups is 2. The average Bonchev–Trinajstić information content (AvgIpc) is 3.20. The molecular formula is C31H42ClN3O5S. The third-order valence-corrected chi connectivity index (χ3v) is 10.3. The lowest BCUT2D eigenvalue weighted by Crippen LogP contribution is -2.45. The molecule has 1 aliphatic carbocycles. The number of methoxy groups -OCH3 is 1. The highest BCUT2D eigenvalue weighted by Crippen LogP contribution is 2.42. The van der Waals surface area contributed by atoms with Crippen LogP contribution in [-0.4, -0.2) is 69.6 Å². The fourth-order valence-electron chi connectivity index (χ4n) is 6.31. The van der Waals surface area contributed by atoms with Crippen LogP contribution < -0.4 is 10.1 Å². The van der Waals surface area contributed by atoms with Crippen LogP contribution in [0.1, 0.15) is 62.1 Å². The predicted molar refractivity (Wildman–Crippen MR) is 161 cm³/mol. The van der Waals surface area contributed by atoms with E-state index in [1.807, 2.05) is 29.2 Å². The Hall–Kier alpha value is -2.62. The molecule has 10 heteroatoms. The molecule has 3 fully saturated rings. The number of benzene rings is 2. The SMILES string of the molecule is COc1ccccc1C(CCN1CCC2(CC1)CCN(Cc1ccc(S(C)(=O)=O)cc1)C2=O)NC(=O)C1CCC1.Cl. The number of carbonyl (C=O) groups excluding carboxylic acids is 2. The van der Waals surface area contributed by atoms with Gasteiger partial charge in [-0.05, 0) is 75.4 Å². The number of nitrogens with zero attached hydrogens (tertiary/aromatic N) is 2. The van der Waals surface area contributed by atoms with Gasteiger partial charge in [0.1, 0.15) is 5.75 Å². The van der Waals surface area contributed by atoms with Gasteiger partial charge in [-0.2, -0.15) is 0 Å². The van der Waals surface area contributed by atoms with Crippen molar-refractivity contribution in [2.24, 2.45) is 11.3 Å². The second-order valence-electron chi connectivity index (χ2n) is 11.7. The van der Waals surface area contributed by atoms with Crippen LogP contribution in [0.25, 0.3) is 0 Å². The minimum absolute atomic E-state index is 0. The van der Waals surface area contributed by atoms with Crippen LogP contribution in [0.3, 0.4) is 0 Å². The Balaban J connectivity index is 0.00000387. The van der Waals surface area contributed by atoms with Gasteiger partial charge >= 0.3 is 0 Å². The van der Waals surface area contributed by atoms with E-state index < -0.39 is 9.84 Å². The third-order valence-electron chi connectivity index (χ3n) is 9.18. The van der Waals surface area contributed by atoms with Crippen molar-refractivity contribution in [2.75, 3.05) is 39.5 Å². The molecule has 0 radical (unpaired) electrons. The number of nitrogens with one attached hydrogen (secondary N) is 1. The Kier molecular flexibility index (Phi) is 10.0. The standard InChI is InChI=1S/C31H41N3O5S.ClH/c1-39-28-9-4-3-8-26(28)27(32-29(35)24-6-5-7-24)14-18-33-19-15-31(16-20-33)17-21-34(30(31)36)22-23-10-12-25(13-11-23)40(2,37)38;/h3-4,8-13,24,27H,5-7,14-22H2,1-2H3,(H,32,35);1H. The molecule has 1 spiro atoms. The van der Waals surface area contributed by atoms with Crippen molar-refractivity contribution in [3.8, 4) is 5.75 Å². The molecule has 2 saturated heterocycles. The summed E-state index contributed by atoms with van der Waals surface area (Å²) < 4.78 is 29.1. The summed E-state index contributed by atoms with van der Waals surface area (Å²) in [6, 6.07) is 14.7. The molecule has 0 aromatic heterocycles. The fraction of sp³-hybridized carbons (Fsp3) is 0.548. The summed E-state index contributed by atoms with van der Waals surface area (Å²) in [4.78, 5) is 31.0. The number of likely N-dealkylation sites (tertiary alicyclic amines) is 2. The van der Waals surface area contributed by atoms with E-state index in [-0.39, 0.29) is 41.6 Å². The van der Waals surface area contributed by atoms with Crippen LogP contribution >= 0.6 is 12.4 Å². The normalized spacial score (nSPS) is 19.9. The van der Waals surface area contributed by atoms with Gasteiger partial charge in [-0.25, -0.2) is 8.42 Å². The lowest BCUT2D eigenvalue weighted by atomic mass is 9.77. The highest BCUT2D eigenvalue weighted by atomic mass is 35.5. The maximum atomic E-state index is 13.5. The van der Waals surface area contributed by atoms with Gasteiger partial charge in [-0.1, -0.05) is 36.8 Å². The van der Waals surface area contributed by atoms with E-state index >= 15 is 0 Å². The van der Waals surface area contributed by atoms with Crippen LogP contribution in [-0.2, 0) is 26.0 Å². The molecule has 2 heterocycles. The Morgan fingerprint density at radius 3 is 2.32 bits per heavy atom. The number of rotatable bonds is 10. The molecule has 2 aromatic carbocycles. The Labute approximate surface area is 250 Å². The van der Waals surface area contributed by atoms with Crippen LogP contribution in [0.15, 0.2) is 53.4 Å². The second-order valence-corrected chi connectivity index (χ2v) is 13.8. The highest BCUT2D eigenvalue weighted by molar-refractivity contribution is 7.90. The number of halogens is 1. The summed E-state index contributed by atoms with van der Waals surface area (Å²) in [6.45, 7) is 3.80. The fourth-order valence-corrected chi connectivity index (χ4v) is 6.94. The number of para-hydroxylation sites is 1. The van der Waals surface area contributed by atoms with Crippen LogP contribution in [0.2, 0.25) is 0 Å². The third kappa shape index (κ3) is 7.07. The summed E-state index contributed by atoms with van der Waals surface area (Å²) in [5.41, 5.74) is 1.66. The highest BCUT2D eigenvalue weighted by Gasteiger charge is 2.47. The summed E-state index contributed by atoms with van der Waals surface area (Å²) in [5, 5.41) is 3.31. The van der Waals surface area contributed by atoms with E-state index in [2.05, 4.69) is 10.2 Å². The lowest BCUT2D eigenvalue weighted by molar-refractivity contribution is -0.139. The molecule has 0 bridgehead atoms. The van der Waals surface area contributed by atoms with E-state index in [1.54, 1.807) is 31.4 Å². The molecule has 41 heavy (non-hydrogen) atoms. The van der Waals surface area contributed by atoms with Gasteiger partial charge in [0.15, 0.2) is 9.84 Å². The maximum Gasteiger partial charge on any atom is 0.229 e. The van der Waals surface area contributed by atoms with Gasteiger partial charge in [0.05, 0.1) is 23.5 Å². The van der Waals surface area contributed by atoms with E-state index in [0.29, 0.717) is 11.4 Å².